The van der Waals surface area contributed by atoms with Crippen LogP contribution in [0.15, 0.2) is 48.5 Å². The van der Waals surface area contributed by atoms with Crippen LogP contribution < -0.4 is 20.3 Å². The Bertz CT molecular complexity index is 719. The van der Waals surface area contributed by atoms with Crippen LogP contribution in [-0.4, -0.2) is 25.0 Å². The zero-order valence-electron chi connectivity index (χ0n) is 13.8. The number of carbonyl (C=O) groups is 2. The van der Waals surface area contributed by atoms with Crippen LogP contribution in [0.5, 0.6) is 11.5 Å². The van der Waals surface area contributed by atoms with E-state index in [0.717, 1.165) is 6.42 Å². The standard InChI is InChI=1S/C18H19ClN2O4/c1-2-11-24-14-9-7-13(8-10-14)18(23)21-20-17(22)12-25-16-6-4-3-5-15(16)19/h3-10H,2,11-12H2,1H3,(H,20,22)(H,21,23). The lowest BCUT2D eigenvalue weighted by Crippen LogP contribution is -2.43. The number of rotatable bonds is 7. The molecule has 0 heterocycles. The first kappa shape index (κ1) is 18.6. The SMILES string of the molecule is CCCOc1ccc(C(=O)NNC(=O)COc2ccccc2Cl)cc1. The average Bonchev–Trinajstić information content (AvgIpc) is 2.64. The van der Waals surface area contributed by atoms with Gasteiger partial charge >= 0.3 is 0 Å². The number of ether oxygens (including phenoxy) is 2. The summed E-state index contributed by atoms with van der Waals surface area (Å²) in [6, 6.07) is 13.4. The van der Waals surface area contributed by atoms with Crippen LogP contribution >= 0.6 is 11.6 Å². The van der Waals surface area contributed by atoms with Gasteiger partial charge in [0.15, 0.2) is 6.61 Å². The summed E-state index contributed by atoms with van der Waals surface area (Å²) >= 11 is 5.92. The van der Waals surface area contributed by atoms with Gasteiger partial charge in [0, 0.05) is 5.56 Å². The van der Waals surface area contributed by atoms with E-state index in [9.17, 15) is 9.59 Å². The lowest BCUT2D eigenvalue weighted by atomic mass is 10.2. The second-order valence-corrected chi connectivity index (χ2v) is 5.50. The molecule has 0 spiro atoms. The van der Waals surface area contributed by atoms with Crippen molar-refractivity contribution in [1.82, 2.24) is 10.9 Å². The third-order valence-corrected chi connectivity index (χ3v) is 3.41. The molecule has 0 radical (unpaired) electrons. The van der Waals surface area contributed by atoms with E-state index in [-0.39, 0.29) is 6.61 Å². The molecule has 0 fully saturated rings. The Morgan fingerprint density at radius 1 is 1.00 bits per heavy atom. The summed E-state index contributed by atoms with van der Waals surface area (Å²) in [6.07, 6.45) is 0.907. The molecule has 0 aromatic heterocycles. The molecule has 2 aromatic rings. The van der Waals surface area contributed by atoms with Crippen molar-refractivity contribution in [2.24, 2.45) is 0 Å². The summed E-state index contributed by atoms with van der Waals surface area (Å²) in [4.78, 5) is 23.7. The monoisotopic (exact) mass is 362 g/mol. The van der Waals surface area contributed by atoms with Gasteiger partial charge in [-0.25, -0.2) is 0 Å². The van der Waals surface area contributed by atoms with E-state index >= 15 is 0 Å². The van der Waals surface area contributed by atoms with Gasteiger partial charge in [-0.3, -0.25) is 20.4 Å². The molecular weight excluding hydrogens is 344 g/mol. The molecule has 0 saturated heterocycles. The van der Waals surface area contributed by atoms with E-state index < -0.39 is 11.8 Å². The topological polar surface area (TPSA) is 76.7 Å². The highest BCUT2D eigenvalue weighted by Gasteiger charge is 2.09. The van der Waals surface area contributed by atoms with Gasteiger partial charge in [-0.05, 0) is 42.8 Å². The van der Waals surface area contributed by atoms with Crippen molar-refractivity contribution in [3.05, 3.63) is 59.1 Å². The summed E-state index contributed by atoms with van der Waals surface area (Å²) in [5, 5.41) is 0.407. The van der Waals surface area contributed by atoms with Crippen LogP contribution in [0.25, 0.3) is 0 Å². The van der Waals surface area contributed by atoms with Gasteiger partial charge < -0.3 is 9.47 Å². The highest BCUT2D eigenvalue weighted by Crippen LogP contribution is 2.22. The highest BCUT2D eigenvalue weighted by molar-refractivity contribution is 6.32. The Hall–Kier alpha value is -2.73. The maximum atomic E-state index is 12.0. The largest absolute Gasteiger partial charge is 0.494 e. The highest BCUT2D eigenvalue weighted by atomic mass is 35.5. The molecule has 2 rings (SSSR count). The normalized spacial score (nSPS) is 10.0. The third kappa shape index (κ3) is 6.00. The fraction of sp³-hybridized carbons (Fsp3) is 0.222. The van der Waals surface area contributed by atoms with Gasteiger partial charge in [0.2, 0.25) is 0 Å². The van der Waals surface area contributed by atoms with Crippen LogP contribution in [0, 0.1) is 0 Å². The maximum absolute atomic E-state index is 12.0. The smallest absolute Gasteiger partial charge is 0.276 e. The van der Waals surface area contributed by atoms with Gasteiger partial charge in [0.25, 0.3) is 11.8 Å². The van der Waals surface area contributed by atoms with E-state index in [1.165, 1.54) is 0 Å². The Morgan fingerprint density at radius 3 is 2.40 bits per heavy atom. The average molecular weight is 363 g/mol. The van der Waals surface area contributed by atoms with Crippen LogP contribution in [0.4, 0.5) is 0 Å². The molecular formula is C18H19ClN2O4. The second-order valence-electron chi connectivity index (χ2n) is 5.09. The minimum absolute atomic E-state index is 0.270. The zero-order valence-corrected chi connectivity index (χ0v) is 14.5. The number of amides is 2. The van der Waals surface area contributed by atoms with E-state index in [2.05, 4.69) is 10.9 Å². The third-order valence-electron chi connectivity index (χ3n) is 3.10. The Kier molecular flexibility index (Phi) is 7.10. The molecule has 0 aliphatic heterocycles. The summed E-state index contributed by atoms with van der Waals surface area (Å²) in [5.74, 6) is 0.146. The maximum Gasteiger partial charge on any atom is 0.276 e. The van der Waals surface area contributed by atoms with Crippen molar-refractivity contribution in [2.75, 3.05) is 13.2 Å². The molecule has 0 saturated carbocycles. The predicted octanol–water partition coefficient (Wildman–Crippen LogP) is 2.97. The van der Waals surface area contributed by atoms with Crippen molar-refractivity contribution in [3.8, 4) is 11.5 Å². The van der Waals surface area contributed by atoms with Crippen molar-refractivity contribution in [2.45, 2.75) is 13.3 Å². The Balaban J connectivity index is 1.77. The molecule has 132 valence electrons. The summed E-state index contributed by atoms with van der Waals surface area (Å²) in [7, 11) is 0. The summed E-state index contributed by atoms with van der Waals surface area (Å²) < 4.78 is 10.7. The van der Waals surface area contributed by atoms with Crippen LogP contribution in [-0.2, 0) is 4.79 Å². The van der Waals surface area contributed by atoms with Gasteiger partial charge in [0.05, 0.1) is 11.6 Å². The van der Waals surface area contributed by atoms with Crippen molar-refractivity contribution in [3.63, 3.8) is 0 Å². The van der Waals surface area contributed by atoms with Gasteiger partial charge in [-0.2, -0.15) is 0 Å². The van der Waals surface area contributed by atoms with Crippen LogP contribution in [0.1, 0.15) is 23.7 Å². The first-order valence-electron chi connectivity index (χ1n) is 7.79. The van der Waals surface area contributed by atoms with E-state index in [1.54, 1.807) is 48.5 Å². The van der Waals surface area contributed by atoms with E-state index in [4.69, 9.17) is 21.1 Å². The molecule has 2 N–H and O–H groups in total. The lowest BCUT2D eigenvalue weighted by molar-refractivity contribution is -0.123. The number of hydrogen-bond acceptors (Lipinski definition) is 4. The number of nitrogens with one attached hydrogen (secondary N) is 2. The van der Waals surface area contributed by atoms with Crippen molar-refractivity contribution < 1.29 is 19.1 Å². The van der Waals surface area contributed by atoms with E-state index in [1.807, 2.05) is 6.92 Å². The number of hydrogen-bond donors (Lipinski definition) is 2. The summed E-state index contributed by atoms with van der Waals surface area (Å²) in [6.45, 7) is 2.36. The first-order valence-corrected chi connectivity index (χ1v) is 8.17. The van der Waals surface area contributed by atoms with Gasteiger partial charge in [-0.15, -0.1) is 0 Å². The molecule has 0 aliphatic rings. The quantitative estimate of drug-likeness (QED) is 0.742. The number of carbonyl (C=O) groups excluding carboxylic acids is 2. The Morgan fingerprint density at radius 2 is 1.72 bits per heavy atom. The molecule has 6 nitrogen and oxygen atoms in total. The molecule has 0 unspecified atom stereocenters. The number of benzene rings is 2. The van der Waals surface area contributed by atoms with Crippen molar-refractivity contribution in [1.29, 1.82) is 0 Å². The molecule has 2 amide bonds. The molecule has 0 aliphatic carbocycles. The van der Waals surface area contributed by atoms with Gasteiger partial charge in [-0.1, -0.05) is 30.7 Å². The minimum atomic E-state index is -0.504. The Labute approximate surface area is 151 Å². The first-order chi connectivity index (χ1) is 12.1. The summed E-state index contributed by atoms with van der Waals surface area (Å²) in [5.41, 5.74) is 5.00. The molecule has 7 heteroatoms. The number of halogens is 1. The molecule has 0 atom stereocenters. The fourth-order valence-electron chi connectivity index (χ4n) is 1.86. The van der Waals surface area contributed by atoms with Crippen LogP contribution in [0.2, 0.25) is 5.02 Å². The molecule has 2 aromatic carbocycles. The van der Waals surface area contributed by atoms with E-state index in [0.29, 0.717) is 28.7 Å². The minimum Gasteiger partial charge on any atom is -0.494 e. The van der Waals surface area contributed by atoms with Gasteiger partial charge in [0.1, 0.15) is 11.5 Å². The van der Waals surface area contributed by atoms with Crippen LogP contribution in [0.3, 0.4) is 0 Å². The number of hydrazine groups is 1. The second kappa shape index (κ2) is 9.54. The molecule has 0 bridgehead atoms. The number of para-hydroxylation sites is 1. The molecule has 25 heavy (non-hydrogen) atoms. The van der Waals surface area contributed by atoms with Crippen molar-refractivity contribution >= 4 is 23.4 Å². The lowest BCUT2D eigenvalue weighted by Gasteiger charge is -2.10. The fourth-order valence-corrected chi connectivity index (χ4v) is 2.05. The predicted molar refractivity (Wildman–Crippen MR) is 94.8 cm³/mol. The zero-order chi connectivity index (χ0) is 18.1.